The summed E-state index contributed by atoms with van der Waals surface area (Å²) in [7, 11) is 0. The van der Waals surface area contributed by atoms with Crippen LogP contribution >= 0.6 is 0 Å². The maximum Gasteiger partial charge on any atom is 0.313 e. The third-order valence-corrected chi connectivity index (χ3v) is 1.89. The van der Waals surface area contributed by atoms with Gasteiger partial charge in [-0.25, -0.2) is 0 Å². The maximum atomic E-state index is 11.5. The van der Waals surface area contributed by atoms with Gasteiger partial charge < -0.3 is 9.47 Å². The van der Waals surface area contributed by atoms with Crippen molar-refractivity contribution in [3.05, 3.63) is 24.3 Å². The highest BCUT2D eigenvalue weighted by atomic mass is 16.6. The summed E-state index contributed by atoms with van der Waals surface area (Å²) in [6, 6.07) is 7.20. The van der Waals surface area contributed by atoms with Crippen molar-refractivity contribution >= 4 is 5.97 Å². The van der Waals surface area contributed by atoms with Gasteiger partial charge in [0, 0.05) is 0 Å². The SMILES string of the molecule is CC(C)Oc1ccccc1OC(=O)C(C)C. The van der Waals surface area contributed by atoms with Crippen LogP contribution in [0, 0.1) is 5.92 Å². The van der Waals surface area contributed by atoms with E-state index in [1.165, 1.54) is 0 Å². The van der Waals surface area contributed by atoms with Gasteiger partial charge in [0.05, 0.1) is 12.0 Å². The number of rotatable bonds is 4. The largest absolute Gasteiger partial charge is 0.487 e. The van der Waals surface area contributed by atoms with Gasteiger partial charge in [-0.3, -0.25) is 4.79 Å². The third kappa shape index (κ3) is 3.57. The number of ether oxygens (including phenoxy) is 2. The molecule has 16 heavy (non-hydrogen) atoms. The molecule has 0 saturated carbocycles. The first kappa shape index (κ1) is 12.6. The quantitative estimate of drug-likeness (QED) is 0.580. The molecule has 0 aliphatic heterocycles. The number of carbonyl (C=O) groups excluding carboxylic acids is 1. The molecule has 1 aromatic carbocycles. The summed E-state index contributed by atoms with van der Waals surface area (Å²) in [6.45, 7) is 7.46. The Bertz CT molecular complexity index is 356. The summed E-state index contributed by atoms with van der Waals surface area (Å²) < 4.78 is 10.8. The van der Waals surface area contributed by atoms with E-state index in [9.17, 15) is 4.79 Å². The van der Waals surface area contributed by atoms with Gasteiger partial charge in [-0.15, -0.1) is 0 Å². The average Bonchev–Trinajstić information content (AvgIpc) is 2.20. The first-order chi connectivity index (χ1) is 7.50. The fraction of sp³-hybridized carbons (Fsp3) is 0.462. The lowest BCUT2D eigenvalue weighted by Crippen LogP contribution is -2.16. The second-order valence-electron chi connectivity index (χ2n) is 4.19. The first-order valence-corrected chi connectivity index (χ1v) is 5.48. The van der Waals surface area contributed by atoms with E-state index < -0.39 is 0 Å². The normalized spacial score (nSPS) is 10.6. The van der Waals surface area contributed by atoms with E-state index in [0.29, 0.717) is 11.5 Å². The van der Waals surface area contributed by atoms with Gasteiger partial charge >= 0.3 is 5.97 Å². The zero-order valence-corrected chi connectivity index (χ0v) is 10.2. The lowest BCUT2D eigenvalue weighted by atomic mass is 10.2. The van der Waals surface area contributed by atoms with Crippen LogP contribution in [-0.4, -0.2) is 12.1 Å². The van der Waals surface area contributed by atoms with Crippen molar-refractivity contribution in [3.63, 3.8) is 0 Å². The molecule has 0 amide bonds. The van der Waals surface area contributed by atoms with Crippen LogP contribution in [0.3, 0.4) is 0 Å². The lowest BCUT2D eigenvalue weighted by molar-refractivity contribution is -0.137. The molecule has 0 atom stereocenters. The molecule has 0 heterocycles. The highest BCUT2D eigenvalue weighted by molar-refractivity contribution is 5.75. The number of hydrogen-bond donors (Lipinski definition) is 0. The predicted molar refractivity (Wildman–Crippen MR) is 62.7 cm³/mol. The molecule has 0 aromatic heterocycles. The Kier molecular flexibility index (Phi) is 4.35. The summed E-state index contributed by atoms with van der Waals surface area (Å²) >= 11 is 0. The standard InChI is InChI=1S/C13H18O3/c1-9(2)13(14)16-12-8-6-5-7-11(12)15-10(3)4/h5-10H,1-4H3. The van der Waals surface area contributed by atoms with Crippen LogP contribution in [0.1, 0.15) is 27.7 Å². The minimum Gasteiger partial charge on any atom is -0.487 e. The predicted octanol–water partition coefficient (Wildman–Crippen LogP) is 3.04. The molecule has 3 heteroatoms. The van der Waals surface area contributed by atoms with Crippen LogP contribution in [0.25, 0.3) is 0 Å². The van der Waals surface area contributed by atoms with Crippen molar-refractivity contribution < 1.29 is 14.3 Å². The van der Waals surface area contributed by atoms with Crippen LogP contribution in [-0.2, 0) is 4.79 Å². The van der Waals surface area contributed by atoms with E-state index in [0.717, 1.165) is 0 Å². The van der Waals surface area contributed by atoms with Crippen molar-refractivity contribution in [3.8, 4) is 11.5 Å². The van der Waals surface area contributed by atoms with Gasteiger partial charge in [-0.1, -0.05) is 26.0 Å². The van der Waals surface area contributed by atoms with E-state index in [2.05, 4.69) is 0 Å². The van der Waals surface area contributed by atoms with E-state index >= 15 is 0 Å². The molecular weight excluding hydrogens is 204 g/mol. The van der Waals surface area contributed by atoms with E-state index in [4.69, 9.17) is 9.47 Å². The number of hydrogen-bond acceptors (Lipinski definition) is 3. The number of para-hydroxylation sites is 2. The molecule has 0 N–H and O–H groups in total. The van der Waals surface area contributed by atoms with Crippen LogP contribution < -0.4 is 9.47 Å². The zero-order valence-electron chi connectivity index (χ0n) is 10.2. The second kappa shape index (κ2) is 5.54. The minimum atomic E-state index is -0.250. The second-order valence-corrected chi connectivity index (χ2v) is 4.19. The van der Waals surface area contributed by atoms with Crippen LogP contribution in [0.4, 0.5) is 0 Å². The van der Waals surface area contributed by atoms with Gasteiger partial charge in [-0.05, 0) is 26.0 Å². The molecular formula is C13H18O3. The summed E-state index contributed by atoms with van der Waals surface area (Å²) in [5.41, 5.74) is 0. The molecule has 1 rings (SSSR count). The molecule has 0 aliphatic rings. The molecule has 0 radical (unpaired) electrons. The van der Waals surface area contributed by atoms with E-state index in [1.807, 2.05) is 26.0 Å². The summed E-state index contributed by atoms with van der Waals surface area (Å²) in [6.07, 6.45) is 0.0545. The number of carbonyl (C=O) groups is 1. The molecule has 0 saturated heterocycles. The van der Waals surface area contributed by atoms with Crippen molar-refractivity contribution in [2.45, 2.75) is 33.8 Å². The van der Waals surface area contributed by atoms with Gasteiger partial charge in [0.15, 0.2) is 11.5 Å². The Morgan fingerprint density at radius 1 is 1.06 bits per heavy atom. The Morgan fingerprint density at radius 3 is 2.12 bits per heavy atom. The van der Waals surface area contributed by atoms with Gasteiger partial charge in [0.2, 0.25) is 0 Å². The fourth-order valence-electron chi connectivity index (χ4n) is 1.11. The molecule has 0 fully saturated rings. The van der Waals surface area contributed by atoms with E-state index in [1.54, 1.807) is 26.0 Å². The van der Waals surface area contributed by atoms with Gasteiger partial charge in [0.1, 0.15) is 0 Å². The Hall–Kier alpha value is -1.51. The minimum absolute atomic E-state index is 0.0545. The lowest BCUT2D eigenvalue weighted by Gasteiger charge is -2.14. The Morgan fingerprint density at radius 2 is 1.62 bits per heavy atom. The average molecular weight is 222 g/mol. The maximum absolute atomic E-state index is 11.5. The molecule has 0 unspecified atom stereocenters. The fourth-order valence-corrected chi connectivity index (χ4v) is 1.11. The summed E-state index contributed by atoms with van der Waals surface area (Å²) in [5, 5.41) is 0. The number of esters is 1. The number of benzene rings is 1. The molecule has 1 aromatic rings. The van der Waals surface area contributed by atoms with Crippen LogP contribution in [0.15, 0.2) is 24.3 Å². The zero-order chi connectivity index (χ0) is 12.1. The van der Waals surface area contributed by atoms with Crippen molar-refractivity contribution in [2.75, 3.05) is 0 Å². The van der Waals surface area contributed by atoms with Crippen LogP contribution in [0.5, 0.6) is 11.5 Å². The van der Waals surface area contributed by atoms with Crippen molar-refractivity contribution in [1.29, 1.82) is 0 Å². The van der Waals surface area contributed by atoms with Gasteiger partial charge in [0.25, 0.3) is 0 Å². The van der Waals surface area contributed by atoms with Crippen molar-refractivity contribution in [1.82, 2.24) is 0 Å². The molecule has 0 bridgehead atoms. The van der Waals surface area contributed by atoms with Crippen molar-refractivity contribution in [2.24, 2.45) is 5.92 Å². The summed E-state index contributed by atoms with van der Waals surface area (Å²) in [5.74, 6) is 0.688. The first-order valence-electron chi connectivity index (χ1n) is 5.48. The Labute approximate surface area is 96.4 Å². The molecule has 3 nitrogen and oxygen atoms in total. The third-order valence-electron chi connectivity index (χ3n) is 1.89. The monoisotopic (exact) mass is 222 g/mol. The van der Waals surface area contributed by atoms with Gasteiger partial charge in [-0.2, -0.15) is 0 Å². The highest BCUT2D eigenvalue weighted by Crippen LogP contribution is 2.27. The topological polar surface area (TPSA) is 35.5 Å². The summed E-state index contributed by atoms with van der Waals surface area (Å²) in [4.78, 5) is 11.5. The Balaban J connectivity index is 2.82. The molecule has 88 valence electrons. The molecule has 0 spiro atoms. The highest BCUT2D eigenvalue weighted by Gasteiger charge is 2.13. The van der Waals surface area contributed by atoms with Crippen LogP contribution in [0.2, 0.25) is 0 Å². The smallest absolute Gasteiger partial charge is 0.313 e. The molecule has 0 aliphatic carbocycles. The van der Waals surface area contributed by atoms with E-state index in [-0.39, 0.29) is 18.0 Å².